The van der Waals surface area contributed by atoms with Crippen molar-refractivity contribution in [2.45, 2.75) is 39.2 Å². The van der Waals surface area contributed by atoms with Crippen LogP contribution in [0.15, 0.2) is 22.9 Å². The number of nitrogens with zero attached hydrogens (tertiary/aromatic N) is 3. The van der Waals surface area contributed by atoms with Crippen LogP contribution >= 0.6 is 0 Å². The van der Waals surface area contributed by atoms with Crippen molar-refractivity contribution in [3.05, 3.63) is 41.3 Å². The van der Waals surface area contributed by atoms with E-state index in [0.717, 1.165) is 11.3 Å². The van der Waals surface area contributed by atoms with Crippen LogP contribution in [0.25, 0.3) is 0 Å². The van der Waals surface area contributed by atoms with Gasteiger partial charge in [0.15, 0.2) is 5.82 Å². The van der Waals surface area contributed by atoms with Crippen molar-refractivity contribution >= 4 is 0 Å². The lowest BCUT2D eigenvalue weighted by molar-refractivity contribution is 0.317. The number of hydrogen-bond acceptors (Lipinski definition) is 5. The van der Waals surface area contributed by atoms with E-state index in [0.29, 0.717) is 11.7 Å². The van der Waals surface area contributed by atoms with E-state index < -0.39 is 6.04 Å². The summed E-state index contributed by atoms with van der Waals surface area (Å²) in [5.74, 6) is 1.08. The Morgan fingerprint density at radius 3 is 2.50 bits per heavy atom. The van der Waals surface area contributed by atoms with Crippen LogP contribution in [0, 0.1) is 6.92 Å². The third-order valence-corrected chi connectivity index (χ3v) is 2.65. The van der Waals surface area contributed by atoms with Gasteiger partial charge in [-0.3, -0.25) is 4.98 Å². The largest absolute Gasteiger partial charge is 0.339 e. The number of hydrogen-bond donors (Lipinski definition) is 1. The summed E-state index contributed by atoms with van der Waals surface area (Å²) in [5, 5.41) is 3.94. The molecule has 0 aliphatic carbocycles. The summed E-state index contributed by atoms with van der Waals surface area (Å²) >= 11 is 0. The summed E-state index contributed by atoms with van der Waals surface area (Å²) in [6, 6.07) is 3.44. The second-order valence-corrected chi connectivity index (χ2v) is 5.42. The molecule has 5 heteroatoms. The lowest BCUT2D eigenvalue weighted by atomic mass is 9.97. The zero-order chi connectivity index (χ0) is 13.3. The molecule has 2 N–H and O–H groups in total. The molecule has 0 bridgehead atoms. The molecule has 2 rings (SSSR count). The summed E-state index contributed by atoms with van der Waals surface area (Å²) in [6.07, 6.45) is 1.74. The predicted octanol–water partition coefficient (Wildman–Crippen LogP) is 2.12. The van der Waals surface area contributed by atoms with Crippen molar-refractivity contribution in [3.63, 3.8) is 0 Å². The molecule has 0 spiro atoms. The van der Waals surface area contributed by atoms with Crippen molar-refractivity contribution < 1.29 is 4.52 Å². The summed E-state index contributed by atoms with van der Waals surface area (Å²) in [7, 11) is 0. The molecule has 18 heavy (non-hydrogen) atoms. The minimum atomic E-state index is -0.405. The van der Waals surface area contributed by atoms with Crippen LogP contribution in [0.5, 0.6) is 0 Å². The summed E-state index contributed by atoms with van der Waals surface area (Å²) in [4.78, 5) is 8.56. The molecule has 0 radical (unpaired) electrons. The standard InChI is InChI=1S/C13H18N4O/c1-8-5-6-9(7-15-8)10(14)11-16-12(18-17-11)13(2,3)4/h5-7,10H,14H2,1-4H3. The smallest absolute Gasteiger partial charge is 0.232 e. The Labute approximate surface area is 106 Å². The first-order valence-corrected chi connectivity index (χ1v) is 5.90. The molecule has 5 nitrogen and oxygen atoms in total. The van der Waals surface area contributed by atoms with Crippen LogP contribution < -0.4 is 5.73 Å². The highest BCUT2D eigenvalue weighted by molar-refractivity contribution is 5.22. The number of pyridine rings is 1. The molecule has 0 aromatic carbocycles. The summed E-state index contributed by atoms with van der Waals surface area (Å²) < 4.78 is 5.23. The third kappa shape index (κ3) is 2.56. The zero-order valence-corrected chi connectivity index (χ0v) is 11.1. The average molecular weight is 246 g/mol. The first kappa shape index (κ1) is 12.7. The van der Waals surface area contributed by atoms with Gasteiger partial charge in [0.2, 0.25) is 5.89 Å². The minimum Gasteiger partial charge on any atom is -0.339 e. The van der Waals surface area contributed by atoms with Crippen molar-refractivity contribution in [2.75, 3.05) is 0 Å². The third-order valence-electron chi connectivity index (χ3n) is 2.65. The first-order chi connectivity index (χ1) is 8.38. The molecule has 0 aliphatic heterocycles. The van der Waals surface area contributed by atoms with Crippen LogP contribution in [-0.2, 0) is 5.41 Å². The second kappa shape index (κ2) is 4.49. The van der Waals surface area contributed by atoms with E-state index in [1.54, 1.807) is 6.20 Å². The van der Waals surface area contributed by atoms with E-state index in [9.17, 15) is 0 Å². The lowest BCUT2D eigenvalue weighted by Gasteiger charge is -2.11. The molecule has 2 aromatic heterocycles. The number of rotatable bonds is 2. The number of aromatic nitrogens is 3. The second-order valence-electron chi connectivity index (χ2n) is 5.42. The maximum atomic E-state index is 6.10. The maximum Gasteiger partial charge on any atom is 0.232 e. The highest BCUT2D eigenvalue weighted by Gasteiger charge is 2.24. The first-order valence-electron chi connectivity index (χ1n) is 5.90. The SMILES string of the molecule is Cc1ccc(C(N)c2noc(C(C)(C)C)n2)cn1. The van der Waals surface area contributed by atoms with E-state index in [-0.39, 0.29) is 5.41 Å². The van der Waals surface area contributed by atoms with Crippen molar-refractivity contribution in [1.29, 1.82) is 0 Å². The van der Waals surface area contributed by atoms with Crippen molar-refractivity contribution in [1.82, 2.24) is 15.1 Å². The van der Waals surface area contributed by atoms with Gasteiger partial charge in [0, 0.05) is 17.3 Å². The molecule has 0 saturated carbocycles. The van der Waals surface area contributed by atoms with Crippen LogP contribution in [-0.4, -0.2) is 15.1 Å². The Bertz CT molecular complexity index is 525. The molecule has 0 saturated heterocycles. The Hall–Kier alpha value is -1.75. The van der Waals surface area contributed by atoms with Gasteiger partial charge in [-0.15, -0.1) is 0 Å². The zero-order valence-electron chi connectivity index (χ0n) is 11.1. The fourth-order valence-electron chi connectivity index (χ4n) is 1.48. The molecule has 2 heterocycles. The van der Waals surface area contributed by atoms with Crippen molar-refractivity contribution in [2.24, 2.45) is 5.73 Å². The molecular weight excluding hydrogens is 228 g/mol. The van der Waals surface area contributed by atoms with E-state index in [4.69, 9.17) is 10.3 Å². The molecule has 0 fully saturated rings. The van der Waals surface area contributed by atoms with Gasteiger partial charge < -0.3 is 10.3 Å². The van der Waals surface area contributed by atoms with E-state index in [2.05, 4.69) is 15.1 Å². The summed E-state index contributed by atoms with van der Waals surface area (Å²) in [5.41, 5.74) is 7.76. The quantitative estimate of drug-likeness (QED) is 0.878. The van der Waals surface area contributed by atoms with Gasteiger partial charge in [0.05, 0.1) is 6.04 Å². The Kier molecular flexibility index (Phi) is 3.17. The molecule has 1 unspecified atom stereocenters. The van der Waals surface area contributed by atoms with E-state index >= 15 is 0 Å². The van der Waals surface area contributed by atoms with E-state index in [1.807, 2.05) is 39.8 Å². The Morgan fingerprint density at radius 1 is 1.28 bits per heavy atom. The van der Waals surface area contributed by atoms with Gasteiger partial charge in [-0.1, -0.05) is 32.0 Å². The number of nitrogens with two attached hydrogens (primary N) is 1. The van der Waals surface area contributed by atoms with Gasteiger partial charge in [0.25, 0.3) is 0 Å². The van der Waals surface area contributed by atoms with Crippen LogP contribution in [0.4, 0.5) is 0 Å². The fourth-order valence-corrected chi connectivity index (χ4v) is 1.48. The highest BCUT2D eigenvalue weighted by Crippen LogP contribution is 2.23. The summed E-state index contributed by atoms with van der Waals surface area (Å²) in [6.45, 7) is 7.98. The normalized spacial score (nSPS) is 13.6. The van der Waals surface area contributed by atoms with Gasteiger partial charge in [-0.05, 0) is 18.6 Å². The van der Waals surface area contributed by atoms with Gasteiger partial charge in [0.1, 0.15) is 0 Å². The lowest BCUT2D eigenvalue weighted by Crippen LogP contribution is -2.16. The van der Waals surface area contributed by atoms with Crippen LogP contribution in [0.3, 0.4) is 0 Å². The van der Waals surface area contributed by atoms with Gasteiger partial charge in [-0.25, -0.2) is 0 Å². The van der Waals surface area contributed by atoms with Gasteiger partial charge >= 0.3 is 0 Å². The van der Waals surface area contributed by atoms with Crippen LogP contribution in [0.2, 0.25) is 0 Å². The topological polar surface area (TPSA) is 77.8 Å². The molecule has 96 valence electrons. The highest BCUT2D eigenvalue weighted by atomic mass is 16.5. The molecule has 1 atom stereocenters. The minimum absolute atomic E-state index is 0.170. The molecule has 0 aliphatic rings. The molecular formula is C13H18N4O. The fraction of sp³-hybridized carbons (Fsp3) is 0.462. The van der Waals surface area contributed by atoms with Crippen LogP contribution in [0.1, 0.15) is 49.8 Å². The Morgan fingerprint density at radius 2 is 2.00 bits per heavy atom. The molecule has 0 amide bonds. The monoisotopic (exact) mass is 246 g/mol. The molecule has 2 aromatic rings. The average Bonchev–Trinajstić information content (AvgIpc) is 2.78. The van der Waals surface area contributed by atoms with E-state index in [1.165, 1.54) is 0 Å². The Balaban J connectivity index is 2.26. The predicted molar refractivity (Wildman–Crippen MR) is 68.0 cm³/mol. The van der Waals surface area contributed by atoms with Crippen molar-refractivity contribution in [3.8, 4) is 0 Å². The number of aryl methyl sites for hydroxylation is 1. The van der Waals surface area contributed by atoms with Gasteiger partial charge in [-0.2, -0.15) is 4.98 Å². The maximum absolute atomic E-state index is 6.10.